The number of halogens is 3. The van der Waals surface area contributed by atoms with Crippen LogP contribution in [0.4, 0.5) is 18.9 Å². The van der Waals surface area contributed by atoms with Crippen molar-refractivity contribution in [1.29, 1.82) is 5.26 Å². The van der Waals surface area contributed by atoms with Crippen LogP contribution in [0.1, 0.15) is 35.4 Å². The van der Waals surface area contributed by atoms with Gasteiger partial charge in [0, 0.05) is 4.88 Å². The highest BCUT2D eigenvalue weighted by Gasteiger charge is 2.31. The van der Waals surface area contributed by atoms with E-state index in [-0.39, 0.29) is 11.6 Å². The van der Waals surface area contributed by atoms with E-state index >= 15 is 0 Å². The second-order valence-corrected chi connectivity index (χ2v) is 5.47. The van der Waals surface area contributed by atoms with E-state index in [4.69, 9.17) is 5.26 Å². The molecule has 0 saturated heterocycles. The minimum Gasteiger partial charge on any atom is -0.376 e. The van der Waals surface area contributed by atoms with Gasteiger partial charge in [-0.05, 0) is 36.1 Å². The molecule has 21 heavy (non-hydrogen) atoms. The molecule has 0 saturated carbocycles. The van der Waals surface area contributed by atoms with Crippen molar-refractivity contribution < 1.29 is 13.2 Å². The molecule has 2 nitrogen and oxygen atoms in total. The first-order valence-electron chi connectivity index (χ1n) is 6.37. The maximum Gasteiger partial charge on any atom is 0.416 e. The quantitative estimate of drug-likeness (QED) is 0.842. The number of rotatable bonds is 4. The highest BCUT2D eigenvalue weighted by atomic mass is 32.1. The van der Waals surface area contributed by atoms with E-state index in [1.807, 2.05) is 30.5 Å². The summed E-state index contributed by atoms with van der Waals surface area (Å²) in [5, 5.41) is 14.2. The van der Waals surface area contributed by atoms with Crippen LogP contribution >= 0.6 is 11.3 Å². The van der Waals surface area contributed by atoms with E-state index in [9.17, 15) is 13.2 Å². The van der Waals surface area contributed by atoms with Crippen LogP contribution in [0.15, 0.2) is 35.7 Å². The normalized spacial score (nSPS) is 12.7. The minimum atomic E-state index is -4.44. The van der Waals surface area contributed by atoms with Crippen molar-refractivity contribution in [1.82, 2.24) is 0 Å². The van der Waals surface area contributed by atoms with Crippen LogP contribution in [0.25, 0.3) is 0 Å². The van der Waals surface area contributed by atoms with Crippen molar-refractivity contribution >= 4 is 17.0 Å². The van der Waals surface area contributed by atoms with Crippen LogP contribution in [-0.2, 0) is 6.18 Å². The van der Waals surface area contributed by atoms with Gasteiger partial charge in [-0.15, -0.1) is 11.3 Å². The largest absolute Gasteiger partial charge is 0.416 e. The average Bonchev–Trinajstić information content (AvgIpc) is 2.97. The zero-order valence-electron chi connectivity index (χ0n) is 11.2. The van der Waals surface area contributed by atoms with Crippen LogP contribution < -0.4 is 5.32 Å². The lowest BCUT2D eigenvalue weighted by Gasteiger charge is -2.18. The molecule has 0 spiro atoms. The minimum absolute atomic E-state index is 0.000156. The molecule has 0 amide bonds. The first kappa shape index (κ1) is 15.4. The molecule has 0 fully saturated rings. The first-order chi connectivity index (χ1) is 9.95. The molecule has 1 unspecified atom stereocenters. The van der Waals surface area contributed by atoms with E-state index in [0.29, 0.717) is 5.69 Å². The van der Waals surface area contributed by atoms with Crippen molar-refractivity contribution in [2.24, 2.45) is 0 Å². The van der Waals surface area contributed by atoms with E-state index in [1.165, 1.54) is 6.07 Å². The topological polar surface area (TPSA) is 35.8 Å². The standard InChI is InChI=1S/C15H13F3N2S/c1-2-12(14-4-3-7-21-14)20-13-6-5-11(15(16,17)18)8-10(13)9-19/h3-8,12,20H,2H2,1H3. The smallest absolute Gasteiger partial charge is 0.376 e. The van der Waals surface area contributed by atoms with Gasteiger partial charge in [-0.2, -0.15) is 18.4 Å². The predicted molar refractivity (Wildman–Crippen MR) is 77.1 cm³/mol. The molecule has 6 heteroatoms. The van der Waals surface area contributed by atoms with Crippen molar-refractivity contribution in [2.45, 2.75) is 25.6 Å². The molecule has 1 atom stereocenters. The number of hydrogen-bond donors (Lipinski definition) is 1. The van der Waals surface area contributed by atoms with Gasteiger partial charge in [0.05, 0.1) is 22.9 Å². The summed E-state index contributed by atoms with van der Waals surface area (Å²) in [5.41, 5.74) is -0.389. The van der Waals surface area contributed by atoms with Gasteiger partial charge in [0.15, 0.2) is 0 Å². The summed E-state index contributed by atoms with van der Waals surface area (Å²) >= 11 is 1.57. The molecule has 2 aromatic rings. The summed E-state index contributed by atoms with van der Waals surface area (Å²) in [7, 11) is 0. The Morgan fingerprint density at radius 1 is 1.33 bits per heavy atom. The van der Waals surface area contributed by atoms with Gasteiger partial charge in [0.1, 0.15) is 6.07 Å². The van der Waals surface area contributed by atoms with E-state index in [0.717, 1.165) is 23.4 Å². The summed E-state index contributed by atoms with van der Waals surface area (Å²) < 4.78 is 38.0. The molecule has 2 rings (SSSR count). The molecule has 1 heterocycles. The summed E-state index contributed by atoms with van der Waals surface area (Å²) in [5.74, 6) is 0. The Bertz CT molecular complexity index is 642. The SMILES string of the molecule is CCC(Nc1ccc(C(F)(F)F)cc1C#N)c1cccs1. The molecule has 0 bridgehead atoms. The zero-order chi connectivity index (χ0) is 15.5. The average molecular weight is 310 g/mol. The Hall–Kier alpha value is -2.00. The van der Waals surface area contributed by atoms with E-state index < -0.39 is 11.7 Å². The first-order valence-corrected chi connectivity index (χ1v) is 7.25. The second kappa shape index (κ2) is 6.19. The summed E-state index contributed by atoms with van der Waals surface area (Å²) in [6, 6.07) is 8.87. The van der Waals surface area contributed by atoms with Crippen LogP contribution in [-0.4, -0.2) is 0 Å². The molecule has 1 aromatic heterocycles. The van der Waals surface area contributed by atoms with Crippen molar-refractivity contribution in [2.75, 3.05) is 5.32 Å². The number of nitriles is 1. The second-order valence-electron chi connectivity index (χ2n) is 4.49. The summed E-state index contributed by atoms with van der Waals surface area (Å²) in [4.78, 5) is 1.08. The number of alkyl halides is 3. The monoisotopic (exact) mass is 310 g/mol. The molecule has 0 aliphatic heterocycles. The molecule has 0 aliphatic rings. The fourth-order valence-corrected chi connectivity index (χ4v) is 2.85. The van der Waals surface area contributed by atoms with Crippen molar-refractivity contribution in [3.8, 4) is 6.07 Å². The molecular formula is C15H13F3N2S. The fraction of sp³-hybridized carbons (Fsp3) is 0.267. The lowest BCUT2D eigenvalue weighted by molar-refractivity contribution is -0.137. The molecule has 110 valence electrons. The maximum atomic E-state index is 12.7. The molecule has 1 aromatic carbocycles. The predicted octanol–water partition coefficient (Wildman–Crippen LogP) is 5.20. The molecular weight excluding hydrogens is 297 g/mol. The number of anilines is 1. The molecule has 0 aliphatic carbocycles. The molecule has 0 radical (unpaired) electrons. The van der Waals surface area contributed by atoms with Gasteiger partial charge < -0.3 is 5.32 Å². The van der Waals surface area contributed by atoms with Crippen molar-refractivity contribution in [3.63, 3.8) is 0 Å². The molecule has 1 N–H and O–H groups in total. The Morgan fingerprint density at radius 3 is 2.62 bits per heavy atom. The lowest BCUT2D eigenvalue weighted by atomic mass is 10.1. The number of thiophene rings is 1. The Kier molecular flexibility index (Phi) is 4.53. The third kappa shape index (κ3) is 3.56. The number of nitrogens with zero attached hydrogens (tertiary/aromatic N) is 1. The van der Waals surface area contributed by atoms with Gasteiger partial charge in [-0.1, -0.05) is 13.0 Å². The third-order valence-electron chi connectivity index (χ3n) is 3.09. The lowest BCUT2D eigenvalue weighted by Crippen LogP contribution is -2.11. The number of nitrogens with one attached hydrogen (secondary N) is 1. The van der Waals surface area contributed by atoms with E-state index in [1.54, 1.807) is 11.3 Å². The number of benzene rings is 1. The summed E-state index contributed by atoms with van der Waals surface area (Å²) in [6.45, 7) is 1.98. The third-order valence-corrected chi connectivity index (χ3v) is 4.08. The summed E-state index contributed by atoms with van der Waals surface area (Å²) in [6.07, 6.45) is -3.67. The van der Waals surface area contributed by atoms with Gasteiger partial charge in [0.25, 0.3) is 0 Å². The van der Waals surface area contributed by atoms with Gasteiger partial charge in [-0.25, -0.2) is 0 Å². The highest BCUT2D eigenvalue weighted by molar-refractivity contribution is 7.10. The van der Waals surface area contributed by atoms with E-state index in [2.05, 4.69) is 5.32 Å². The fourth-order valence-electron chi connectivity index (χ4n) is 1.99. The Balaban J connectivity index is 2.30. The number of hydrogen-bond acceptors (Lipinski definition) is 3. The zero-order valence-corrected chi connectivity index (χ0v) is 12.1. The van der Waals surface area contributed by atoms with Gasteiger partial charge >= 0.3 is 6.18 Å². The van der Waals surface area contributed by atoms with Crippen LogP contribution in [0.2, 0.25) is 0 Å². The maximum absolute atomic E-state index is 12.7. The van der Waals surface area contributed by atoms with Crippen LogP contribution in [0, 0.1) is 11.3 Å². The Labute approximate surface area is 124 Å². The van der Waals surface area contributed by atoms with Crippen molar-refractivity contribution in [3.05, 3.63) is 51.7 Å². The van der Waals surface area contributed by atoms with Crippen LogP contribution in [0.5, 0.6) is 0 Å². The highest BCUT2D eigenvalue weighted by Crippen LogP contribution is 2.33. The van der Waals surface area contributed by atoms with Crippen LogP contribution in [0.3, 0.4) is 0 Å². The Morgan fingerprint density at radius 2 is 2.10 bits per heavy atom. The van der Waals surface area contributed by atoms with Gasteiger partial charge in [-0.3, -0.25) is 0 Å². The van der Waals surface area contributed by atoms with Gasteiger partial charge in [0.2, 0.25) is 0 Å².